The largest absolute Gasteiger partial charge is 0.480 e. The maximum atomic E-state index is 13.0. The van der Waals surface area contributed by atoms with Gasteiger partial charge in [0.15, 0.2) is 0 Å². The van der Waals surface area contributed by atoms with E-state index in [-0.39, 0.29) is 24.6 Å². The molecule has 168 valence electrons. The second-order valence-electron chi connectivity index (χ2n) is 7.00. The van der Waals surface area contributed by atoms with Crippen LogP contribution in [0.3, 0.4) is 0 Å². The molecule has 3 aromatic carbocycles. The molecular formula is C22H15F6NO3. The number of alkyl halides is 6. The van der Waals surface area contributed by atoms with Gasteiger partial charge in [0, 0.05) is 12.0 Å². The number of carboxylic acid groups (broad SMARTS) is 1. The lowest BCUT2D eigenvalue weighted by molar-refractivity contribution is -0.143. The van der Waals surface area contributed by atoms with E-state index in [2.05, 4.69) is 0 Å². The Balaban J connectivity index is 1.93. The number of benzene rings is 3. The topological polar surface area (TPSA) is 66.4 Å². The van der Waals surface area contributed by atoms with Gasteiger partial charge in [-0.25, -0.2) is 4.79 Å². The predicted octanol–water partition coefficient (Wildman–Crippen LogP) is 5.30. The van der Waals surface area contributed by atoms with Gasteiger partial charge < -0.3 is 10.4 Å². The summed E-state index contributed by atoms with van der Waals surface area (Å²) in [6, 6.07) is 10.9. The molecule has 1 amide bonds. The van der Waals surface area contributed by atoms with E-state index in [4.69, 9.17) is 0 Å². The third kappa shape index (κ3) is 5.19. The van der Waals surface area contributed by atoms with Crippen LogP contribution in [0.2, 0.25) is 0 Å². The van der Waals surface area contributed by atoms with E-state index < -0.39 is 47.0 Å². The van der Waals surface area contributed by atoms with E-state index >= 15 is 0 Å². The molecular weight excluding hydrogens is 440 g/mol. The highest BCUT2D eigenvalue weighted by Gasteiger charge is 2.37. The SMILES string of the molecule is O=C(N[C@@H](Cc1cccc2ccccc12)C(=O)O)c1cc(C(F)(F)F)cc(C(F)(F)F)c1. The molecule has 2 N–H and O–H groups in total. The second-order valence-corrected chi connectivity index (χ2v) is 7.00. The van der Waals surface area contributed by atoms with Gasteiger partial charge >= 0.3 is 18.3 Å². The second kappa shape index (κ2) is 8.52. The van der Waals surface area contributed by atoms with Crippen molar-refractivity contribution < 1.29 is 41.0 Å². The van der Waals surface area contributed by atoms with E-state index in [0.29, 0.717) is 10.9 Å². The third-order valence-electron chi connectivity index (χ3n) is 4.76. The smallest absolute Gasteiger partial charge is 0.416 e. The van der Waals surface area contributed by atoms with Gasteiger partial charge in [-0.2, -0.15) is 26.3 Å². The minimum atomic E-state index is -5.13. The van der Waals surface area contributed by atoms with Crippen molar-refractivity contribution in [3.05, 3.63) is 82.9 Å². The summed E-state index contributed by atoms with van der Waals surface area (Å²) < 4.78 is 78.2. The number of hydrogen-bond acceptors (Lipinski definition) is 2. The monoisotopic (exact) mass is 455 g/mol. The number of aliphatic carboxylic acids is 1. The highest BCUT2D eigenvalue weighted by molar-refractivity contribution is 5.97. The molecule has 32 heavy (non-hydrogen) atoms. The third-order valence-corrected chi connectivity index (χ3v) is 4.76. The number of fused-ring (bicyclic) bond motifs is 1. The number of carbonyl (C=O) groups is 2. The van der Waals surface area contributed by atoms with Crippen LogP contribution in [-0.2, 0) is 23.6 Å². The molecule has 0 radical (unpaired) electrons. The summed E-state index contributed by atoms with van der Waals surface area (Å²) in [4.78, 5) is 24.1. The molecule has 10 heteroatoms. The molecule has 3 aromatic rings. The summed E-state index contributed by atoms with van der Waals surface area (Å²) in [6.07, 6.45) is -10.5. The van der Waals surface area contributed by atoms with Gasteiger partial charge in [-0.05, 0) is 34.5 Å². The van der Waals surface area contributed by atoms with E-state index in [0.717, 1.165) is 5.39 Å². The summed E-state index contributed by atoms with van der Waals surface area (Å²) in [6.45, 7) is 0. The minimum Gasteiger partial charge on any atom is -0.480 e. The maximum Gasteiger partial charge on any atom is 0.416 e. The highest BCUT2D eigenvalue weighted by atomic mass is 19.4. The Labute approximate surface area is 177 Å². The number of carboxylic acids is 1. The van der Waals surface area contributed by atoms with Crippen LogP contribution < -0.4 is 5.32 Å². The van der Waals surface area contributed by atoms with Gasteiger partial charge in [0.25, 0.3) is 5.91 Å². The average Bonchev–Trinajstić information content (AvgIpc) is 2.71. The van der Waals surface area contributed by atoms with Crippen molar-refractivity contribution in [1.29, 1.82) is 0 Å². The van der Waals surface area contributed by atoms with Crippen molar-refractivity contribution in [1.82, 2.24) is 5.32 Å². The van der Waals surface area contributed by atoms with Crippen LogP contribution in [0.4, 0.5) is 26.3 Å². The molecule has 4 nitrogen and oxygen atoms in total. The van der Waals surface area contributed by atoms with Crippen molar-refractivity contribution in [2.45, 2.75) is 24.8 Å². The number of halogens is 6. The molecule has 0 spiro atoms. The van der Waals surface area contributed by atoms with Crippen molar-refractivity contribution in [3.63, 3.8) is 0 Å². The summed E-state index contributed by atoms with van der Waals surface area (Å²) in [5, 5.41) is 13.0. The number of amides is 1. The van der Waals surface area contributed by atoms with Crippen molar-refractivity contribution in [2.24, 2.45) is 0 Å². The highest BCUT2D eigenvalue weighted by Crippen LogP contribution is 2.36. The van der Waals surface area contributed by atoms with Crippen LogP contribution in [0, 0.1) is 0 Å². The molecule has 0 bridgehead atoms. The van der Waals surface area contributed by atoms with Crippen LogP contribution in [-0.4, -0.2) is 23.0 Å². The first kappa shape index (κ1) is 23.1. The van der Waals surface area contributed by atoms with Gasteiger partial charge in [0.1, 0.15) is 6.04 Å². The van der Waals surface area contributed by atoms with Crippen LogP contribution in [0.15, 0.2) is 60.7 Å². The van der Waals surface area contributed by atoms with Gasteiger partial charge in [-0.1, -0.05) is 42.5 Å². The Hall–Kier alpha value is -3.56. The zero-order chi connectivity index (χ0) is 23.7. The van der Waals surface area contributed by atoms with Crippen LogP contribution in [0.5, 0.6) is 0 Å². The Morgan fingerprint density at radius 3 is 1.97 bits per heavy atom. The van der Waals surface area contributed by atoms with Crippen molar-refractivity contribution >= 4 is 22.6 Å². The fourth-order valence-corrected chi connectivity index (χ4v) is 3.22. The number of rotatable bonds is 5. The van der Waals surface area contributed by atoms with Crippen LogP contribution in [0.25, 0.3) is 10.8 Å². The normalized spacial score (nSPS) is 13.1. The lowest BCUT2D eigenvalue weighted by atomic mass is 9.98. The fourth-order valence-electron chi connectivity index (χ4n) is 3.22. The van der Waals surface area contributed by atoms with Crippen LogP contribution in [0.1, 0.15) is 27.0 Å². The van der Waals surface area contributed by atoms with E-state index in [1.54, 1.807) is 42.5 Å². The molecule has 0 saturated carbocycles. The zero-order valence-electron chi connectivity index (χ0n) is 16.1. The lowest BCUT2D eigenvalue weighted by Crippen LogP contribution is -2.42. The molecule has 1 atom stereocenters. The molecule has 0 aliphatic rings. The first-order chi connectivity index (χ1) is 14.9. The quantitative estimate of drug-likeness (QED) is 0.513. The Kier molecular flexibility index (Phi) is 6.16. The average molecular weight is 455 g/mol. The van der Waals surface area contributed by atoms with Crippen molar-refractivity contribution in [3.8, 4) is 0 Å². The zero-order valence-corrected chi connectivity index (χ0v) is 16.1. The molecule has 0 aromatic heterocycles. The maximum absolute atomic E-state index is 13.0. The van der Waals surface area contributed by atoms with Gasteiger partial charge in [-0.15, -0.1) is 0 Å². The number of carbonyl (C=O) groups excluding carboxylic acids is 1. The van der Waals surface area contributed by atoms with E-state index in [1.807, 2.05) is 5.32 Å². The molecule has 3 rings (SSSR count). The summed E-state index contributed by atoms with van der Waals surface area (Å²) in [5.74, 6) is -2.86. The van der Waals surface area contributed by atoms with Gasteiger partial charge in [-0.3, -0.25) is 4.79 Å². The Morgan fingerprint density at radius 2 is 1.41 bits per heavy atom. The van der Waals surface area contributed by atoms with E-state index in [1.165, 1.54) is 0 Å². The standard InChI is InChI=1S/C22H15F6NO3/c23-21(24,25)15-8-14(9-16(11-15)22(26,27)28)19(30)29-18(20(31)32)10-13-6-3-5-12-4-1-2-7-17(12)13/h1-9,11,18H,10H2,(H,29,30)(H,31,32)/t18-/m0/s1. The molecule has 0 saturated heterocycles. The first-order valence-corrected chi connectivity index (χ1v) is 9.16. The number of hydrogen-bond donors (Lipinski definition) is 2. The molecule has 0 unspecified atom stereocenters. The first-order valence-electron chi connectivity index (χ1n) is 9.16. The molecule has 0 fully saturated rings. The molecule has 0 heterocycles. The summed E-state index contributed by atoms with van der Waals surface area (Å²) in [7, 11) is 0. The minimum absolute atomic E-state index is 0.110. The molecule has 0 aliphatic carbocycles. The lowest BCUT2D eigenvalue weighted by Gasteiger charge is -2.18. The fraction of sp³-hybridized carbons (Fsp3) is 0.182. The number of nitrogens with one attached hydrogen (secondary N) is 1. The summed E-state index contributed by atoms with van der Waals surface area (Å²) >= 11 is 0. The molecule has 0 aliphatic heterocycles. The van der Waals surface area contributed by atoms with Gasteiger partial charge in [0.05, 0.1) is 11.1 Å². The van der Waals surface area contributed by atoms with Crippen LogP contribution >= 0.6 is 0 Å². The van der Waals surface area contributed by atoms with E-state index in [9.17, 15) is 41.0 Å². The summed E-state index contributed by atoms with van der Waals surface area (Å²) in [5.41, 5.74) is -3.75. The van der Waals surface area contributed by atoms with Gasteiger partial charge in [0.2, 0.25) is 0 Å². The Morgan fingerprint density at radius 1 is 0.844 bits per heavy atom. The van der Waals surface area contributed by atoms with Crippen molar-refractivity contribution in [2.75, 3.05) is 0 Å². The Bertz CT molecular complexity index is 1130. The predicted molar refractivity (Wildman–Crippen MR) is 103 cm³/mol.